The molecule has 1 aliphatic heterocycles. The highest BCUT2D eigenvalue weighted by molar-refractivity contribution is 7.99. The maximum atomic E-state index is 13.5. The van der Waals surface area contributed by atoms with Gasteiger partial charge < -0.3 is 4.74 Å². The molecule has 0 N–H and O–H groups in total. The fourth-order valence-electron chi connectivity index (χ4n) is 3.99. The average Bonchev–Trinajstić information content (AvgIpc) is 3.38. The third kappa shape index (κ3) is 3.13. The summed E-state index contributed by atoms with van der Waals surface area (Å²) in [6.07, 6.45) is 5.72. The number of aromatic nitrogens is 2. The van der Waals surface area contributed by atoms with Crippen molar-refractivity contribution >= 4 is 33.3 Å². The number of ether oxygens (including phenoxy) is 1. The Bertz CT molecular complexity index is 1050. The van der Waals surface area contributed by atoms with Crippen molar-refractivity contribution in [3.8, 4) is 5.69 Å². The molecule has 0 spiro atoms. The van der Waals surface area contributed by atoms with Gasteiger partial charge in [-0.3, -0.25) is 9.36 Å². The van der Waals surface area contributed by atoms with Crippen molar-refractivity contribution in [3.63, 3.8) is 0 Å². The predicted molar refractivity (Wildman–Crippen MR) is 112 cm³/mol. The van der Waals surface area contributed by atoms with Crippen molar-refractivity contribution < 1.29 is 4.74 Å². The predicted octanol–water partition coefficient (Wildman–Crippen LogP) is 4.52. The molecule has 5 rings (SSSR count). The van der Waals surface area contributed by atoms with Crippen LogP contribution in [-0.4, -0.2) is 28.0 Å². The Morgan fingerprint density at radius 2 is 2.11 bits per heavy atom. The number of nitrogens with zero attached hydrogens (tertiary/aromatic N) is 2. The van der Waals surface area contributed by atoms with Crippen molar-refractivity contribution in [3.05, 3.63) is 50.6 Å². The van der Waals surface area contributed by atoms with Crippen LogP contribution in [-0.2, 0) is 17.6 Å². The van der Waals surface area contributed by atoms with E-state index in [0.717, 1.165) is 65.5 Å². The second kappa shape index (κ2) is 7.08. The van der Waals surface area contributed by atoms with Crippen molar-refractivity contribution in [1.82, 2.24) is 9.55 Å². The molecule has 1 aromatic carbocycles. The molecule has 27 heavy (non-hydrogen) atoms. The molecule has 4 nitrogen and oxygen atoms in total. The standard InChI is InChI=1S/C21H22N2O2S2/c1-13-7-9-14(10-8-13)23-20(24)18-16-5-2-6-17(16)27-19(18)22-21(23)26-12-15-4-3-11-25-15/h7-10,15H,2-6,11-12H2,1H3. The summed E-state index contributed by atoms with van der Waals surface area (Å²) < 4.78 is 7.58. The molecule has 1 aliphatic carbocycles. The highest BCUT2D eigenvalue weighted by Crippen LogP contribution is 2.36. The molecule has 1 saturated heterocycles. The van der Waals surface area contributed by atoms with Crippen LogP contribution in [0.4, 0.5) is 0 Å². The molecule has 0 bridgehead atoms. The van der Waals surface area contributed by atoms with Crippen LogP contribution in [0.15, 0.2) is 34.2 Å². The minimum atomic E-state index is 0.0816. The van der Waals surface area contributed by atoms with E-state index in [1.54, 1.807) is 23.1 Å². The van der Waals surface area contributed by atoms with E-state index in [4.69, 9.17) is 9.72 Å². The molecule has 0 saturated carbocycles. The summed E-state index contributed by atoms with van der Waals surface area (Å²) in [4.78, 5) is 20.7. The van der Waals surface area contributed by atoms with Gasteiger partial charge in [0.25, 0.3) is 5.56 Å². The van der Waals surface area contributed by atoms with Crippen molar-refractivity contribution in [2.24, 2.45) is 0 Å². The van der Waals surface area contributed by atoms with E-state index in [0.29, 0.717) is 0 Å². The van der Waals surface area contributed by atoms with Crippen LogP contribution in [0.5, 0.6) is 0 Å². The number of hydrogen-bond acceptors (Lipinski definition) is 5. The molecule has 0 radical (unpaired) electrons. The van der Waals surface area contributed by atoms with E-state index in [1.165, 1.54) is 16.0 Å². The van der Waals surface area contributed by atoms with Crippen LogP contribution in [0.2, 0.25) is 0 Å². The first-order valence-electron chi connectivity index (χ1n) is 9.59. The normalized spacial score (nSPS) is 19.1. The molecule has 1 fully saturated rings. The number of aryl methyl sites for hydroxylation is 3. The number of hydrogen-bond donors (Lipinski definition) is 0. The molecule has 1 unspecified atom stereocenters. The van der Waals surface area contributed by atoms with Gasteiger partial charge in [0.2, 0.25) is 0 Å². The molecule has 1 atom stereocenters. The average molecular weight is 399 g/mol. The highest BCUT2D eigenvalue weighted by atomic mass is 32.2. The molecular formula is C21H22N2O2S2. The monoisotopic (exact) mass is 398 g/mol. The van der Waals surface area contributed by atoms with Gasteiger partial charge in [-0.1, -0.05) is 29.5 Å². The Morgan fingerprint density at radius 1 is 1.26 bits per heavy atom. The zero-order valence-electron chi connectivity index (χ0n) is 15.4. The number of fused-ring (bicyclic) bond motifs is 3. The number of rotatable bonds is 4. The van der Waals surface area contributed by atoms with E-state index < -0.39 is 0 Å². The van der Waals surface area contributed by atoms with E-state index >= 15 is 0 Å². The van der Waals surface area contributed by atoms with Crippen molar-refractivity contribution in [2.45, 2.75) is 50.3 Å². The van der Waals surface area contributed by atoms with Gasteiger partial charge in [-0.2, -0.15) is 0 Å². The van der Waals surface area contributed by atoms with E-state index in [9.17, 15) is 4.79 Å². The Morgan fingerprint density at radius 3 is 2.89 bits per heavy atom. The number of benzene rings is 1. The molecule has 2 aliphatic rings. The van der Waals surface area contributed by atoms with E-state index in [2.05, 4.69) is 19.1 Å². The summed E-state index contributed by atoms with van der Waals surface area (Å²) >= 11 is 3.36. The van der Waals surface area contributed by atoms with Crippen molar-refractivity contribution in [1.29, 1.82) is 0 Å². The number of thioether (sulfide) groups is 1. The summed E-state index contributed by atoms with van der Waals surface area (Å²) in [6.45, 7) is 2.91. The van der Waals surface area contributed by atoms with Gasteiger partial charge in [0.05, 0.1) is 17.2 Å². The van der Waals surface area contributed by atoms with Gasteiger partial charge in [-0.05, 0) is 56.7 Å². The van der Waals surface area contributed by atoms with Gasteiger partial charge in [-0.25, -0.2) is 4.98 Å². The molecular weight excluding hydrogens is 376 g/mol. The summed E-state index contributed by atoms with van der Waals surface area (Å²) in [7, 11) is 0. The lowest BCUT2D eigenvalue weighted by molar-refractivity contribution is 0.129. The smallest absolute Gasteiger partial charge is 0.267 e. The van der Waals surface area contributed by atoms with E-state index in [1.807, 2.05) is 16.7 Å². The van der Waals surface area contributed by atoms with Gasteiger partial charge in [0.15, 0.2) is 5.16 Å². The summed E-state index contributed by atoms with van der Waals surface area (Å²) in [6, 6.07) is 8.15. The molecule has 6 heteroatoms. The topological polar surface area (TPSA) is 44.1 Å². The van der Waals surface area contributed by atoms with Crippen molar-refractivity contribution in [2.75, 3.05) is 12.4 Å². The largest absolute Gasteiger partial charge is 0.377 e. The van der Waals surface area contributed by atoms with Gasteiger partial charge in [0.1, 0.15) is 4.83 Å². The summed E-state index contributed by atoms with van der Waals surface area (Å²) in [5, 5.41) is 1.63. The quantitative estimate of drug-likeness (QED) is 0.479. The SMILES string of the molecule is Cc1ccc(-n2c(SCC3CCCO3)nc3sc4c(c3c2=O)CCC4)cc1. The summed E-state index contributed by atoms with van der Waals surface area (Å²) in [5.41, 5.74) is 3.40. The zero-order chi connectivity index (χ0) is 18.4. The molecule has 3 aromatic rings. The lowest BCUT2D eigenvalue weighted by atomic mass is 10.2. The fourth-order valence-corrected chi connectivity index (χ4v) is 6.37. The first-order chi connectivity index (χ1) is 13.2. The molecule has 3 heterocycles. The zero-order valence-corrected chi connectivity index (χ0v) is 17.0. The Kier molecular flexibility index (Phi) is 4.58. The maximum Gasteiger partial charge on any atom is 0.267 e. The first-order valence-corrected chi connectivity index (χ1v) is 11.4. The second-order valence-corrected chi connectivity index (χ2v) is 9.42. The minimum Gasteiger partial charge on any atom is -0.377 e. The lowest BCUT2D eigenvalue weighted by Gasteiger charge is -2.14. The van der Waals surface area contributed by atoms with Crippen LogP contribution in [0.3, 0.4) is 0 Å². The first kappa shape index (κ1) is 17.5. The van der Waals surface area contributed by atoms with Gasteiger partial charge >= 0.3 is 0 Å². The molecule has 140 valence electrons. The second-order valence-electron chi connectivity index (χ2n) is 7.35. The lowest BCUT2D eigenvalue weighted by Crippen LogP contribution is -2.22. The third-order valence-electron chi connectivity index (χ3n) is 5.42. The van der Waals surface area contributed by atoms with E-state index in [-0.39, 0.29) is 11.7 Å². The van der Waals surface area contributed by atoms with Crippen LogP contribution in [0.1, 0.15) is 35.3 Å². The Labute approximate surface area is 166 Å². The Balaban J connectivity index is 1.65. The Hall–Kier alpha value is -1.63. The fraction of sp³-hybridized carbons (Fsp3) is 0.429. The van der Waals surface area contributed by atoms with Gasteiger partial charge in [-0.15, -0.1) is 11.3 Å². The van der Waals surface area contributed by atoms with Crippen LogP contribution in [0.25, 0.3) is 15.9 Å². The van der Waals surface area contributed by atoms with Crippen LogP contribution in [0, 0.1) is 6.92 Å². The summed E-state index contributed by atoms with van der Waals surface area (Å²) in [5.74, 6) is 0.842. The van der Waals surface area contributed by atoms with Crippen LogP contribution < -0.4 is 5.56 Å². The minimum absolute atomic E-state index is 0.0816. The number of thiophene rings is 1. The third-order valence-corrected chi connectivity index (χ3v) is 7.68. The van der Waals surface area contributed by atoms with Gasteiger partial charge in [0, 0.05) is 17.2 Å². The molecule has 2 aromatic heterocycles. The van der Waals surface area contributed by atoms with Crippen LogP contribution >= 0.6 is 23.1 Å². The maximum absolute atomic E-state index is 13.5. The highest BCUT2D eigenvalue weighted by Gasteiger charge is 2.24. The molecule has 0 amide bonds.